The molecule has 1 aliphatic rings. The molecule has 2 heterocycles. The van der Waals surface area contributed by atoms with Crippen LogP contribution in [0, 0.1) is 5.92 Å². The molecule has 1 amide bonds. The number of hydrogen-bond donors (Lipinski definition) is 1. The molecule has 6 nitrogen and oxygen atoms in total. The predicted octanol–water partition coefficient (Wildman–Crippen LogP) is 2.84. The molecule has 0 spiro atoms. The average Bonchev–Trinajstić information content (AvgIpc) is 2.66. The third-order valence-corrected chi connectivity index (χ3v) is 4.57. The first-order valence-corrected chi connectivity index (χ1v) is 9.28. The fourth-order valence-corrected chi connectivity index (χ4v) is 3.05. The van der Waals surface area contributed by atoms with E-state index in [-0.39, 0.29) is 5.91 Å². The molecule has 1 aliphatic heterocycles. The van der Waals surface area contributed by atoms with Gasteiger partial charge in [-0.1, -0.05) is 31.5 Å². The molecule has 7 heteroatoms. The number of nitrogens with one attached hydrogen (secondary N) is 1. The van der Waals surface area contributed by atoms with Crippen LogP contribution < -0.4 is 15.1 Å². The second-order valence-corrected chi connectivity index (χ2v) is 7.27. The van der Waals surface area contributed by atoms with Crippen LogP contribution in [0.4, 0.5) is 11.5 Å². The lowest BCUT2D eigenvalue weighted by Gasteiger charge is -2.36. The number of carbonyl (C=O) groups is 1. The fourth-order valence-electron chi connectivity index (χ4n) is 2.87. The van der Waals surface area contributed by atoms with E-state index in [1.54, 1.807) is 6.07 Å². The number of amides is 1. The minimum Gasteiger partial charge on any atom is -0.368 e. The fraction of sp³-hybridized carbons (Fsp3) is 0.421. The quantitative estimate of drug-likeness (QED) is 0.873. The van der Waals surface area contributed by atoms with Gasteiger partial charge in [-0.3, -0.25) is 4.79 Å². The maximum Gasteiger partial charge on any atom is 0.271 e. The molecule has 0 bridgehead atoms. The Bertz CT molecular complexity index is 742. The van der Waals surface area contributed by atoms with Crippen molar-refractivity contribution in [3.63, 3.8) is 0 Å². The summed E-state index contributed by atoms with van der Waals surface area (Å²) < 4.78 is 0. The first-order valence-electron chi connectivity index (χ1n) is 8.90. The van der Waals surface area contributed by atoms with E-state index in [4.69, 9.17) is 11.6 Å². The van der Waals surface area contributed by atoms with E-state index in [1.165, 1.54) is 0 Å². The van der Waals surface area contributed by atoms with Crippen molar-refractivity contribution < 1.29 is 4.79 Å². The summed E-state index contributed by atoms with van der Waals surface area (Å²) in [6.07, 6.45) is 0. The van der Waals surface area contributed by atoms with Crippen molar-refractivity contribution in [3.05, 3.63) is 47.1 Å². The van der Waals surface area contributed by atoms with Crippen LogP contribution in [-0.2, 0) is 0 Å². The van der Waals surface area contributed by atoms with Crippen molar-refractivity contribution in [2.45, 2.75) is 13.8 Å². The van der Waals surface area contributed by atoms with Crippen LogP contribution in [0.3, 0.4) is 0 Å². The first kappa shape index (κ1) is 18.5. The zero-order valence-corrected chi connectivity index (χ0v) is 15.9. The van der Waals surface area contributed by atoms with E-state index in [1.807, 2.05) is 24.3 Å². The lowest BCUT2D eigenvalue weighted by atomic mass is 10.2. The van der Waals surface area contributed by atoms with Crippen molar-refractivity contribution >= 4 is 29.0 Å². The highest BCUT2D eigenvalue weighted by Gasteiger charge is 2.19. The van der Waals surface area contributed by atoms with E-state index >= 15 is 0 Å². The Kier molecular flexibility index (Phi) is 5.93. The molecule has 3 rings (SSSR count). The Balaban J connectivity index is 1.57. The molecule has 1 saturated heterocycles. The summed E-state index contributed by atoms with van der Waals surface area (Å²) in [6, 6.07) is 11.5. The van der Waals surface area contributed by atoms with Gasteiger partial charge >= 0.3 is 0 Å². The monoisotopic (exact) mass is 373 g/mol. The molecule has 1 fully saturated rings. The number of benzene rings is 1. The zero-order chi connectivity index (χ0) is 18.5. The smallest absolute Gasteiger partial charge is 0.271 e. The number of piperazine rings is 1. The molecule has 1 N–H and O–H groups in total. The van der Waals surface area contributed by atoms with Crippen molar-refractivity contribution in [2.24, 2.45) is 5.92 Å². The molecule has 2 aromatic rings. The van der Waals surface area contributed by atoms with Gasteiger partial charge in [0, 0.05) is 43.4 Å². The van der Waals surface area contributed by atoms with Gasteiger partial charge in [-0.25, -0.2) is 0 Å². The summed E-state index contributed by atoms with van der Waals surface area (Å²) in [7, 11) is 0. The summed E-state index contributed by atoms with van der Waals surface area (Å²) >= 11 is 6.08. The number of nitrogens with zero attached hydrogens (tertiary/aromatic N) is 4. The van der Waals surface area contributed by atoms with Crippen LogP contribution in [0.5, 0.6) is 0 Å². The summed E-state index contributed by atoms with van der Waals surface area (Å²) in [5.41, 5.74) is 1.49. The van der Waals surface area contributed by atoms with Crippen molar-refractivity contribution in [1.82, 2.24) is 15.5 Å². The van der Waals surface area contributed by atoms with Gasteiger partial charge in [0.1, 0.15) is 0 Å². The second-order valence-electron chi connectivity index (χ2n) is 6.83. The van der Waals surface area contributed by atoms with Crippen LogP contribution in [0.1, 0.15) is 24.3 Å². The minimum absolute atomic E-state index is 0.177. The SMILES string of the molecule is CC(C)CNC(=O)c1ccc(N2CCN(c3cccc(Cl)c3)CC2)nn1. The Morgan fingerprint density at radius 2 is 1.85 bits per heavy atom. The van der Waals surface area contributed by atoms with Gasteiger partial charge in [-0.05, 0) is 36.2 Å². The van der Waals surface area contributed by atoms with Crippen molar-refractivity contribution in [3.8, 4) is 0 Å². The largest absolute Gasteiger partial charge is 0.368 e. The summed E-state index contributed by atoms with van der Waals surface area (Å²) in [6.45, 7) is 8.21. The maximum absolute atomic E-state index is 12.0. The van der Waals surface area contributed by atoms with Crippen LogP contribution in [-0.4, -0.2) is 48.8 Å². The van der Waals surface area contributed by atoms with E-state index in [0.29, 0.717) is 18.2 Å². The minimum atomic E-state index is -0.177. The van der Waals surface area contributed by atoms with Crippen LogP contribution in [0.15, 0.2) is 36.4 Å². The van der Waals surface area contributed by atoms with Crippen LogP contribution in [0.25, 0.3) is 0 Å². The number of hydrogen-bond acceptors (Lipinski definition) is 5. The lowest BCUT2D eigenvalue weighted by Crippen LogP contribution is -2.47. The normalized spacial score (nSPS) is 14.6. The molecule has 0 unspecified atom stereocenters. The van der Waals surface area contributed by atoms with Gasteiger partial charge in [0.2, 0.25) is 0 Å². The highest BCUT2D eigenvalue weighted by Crippen LogP contribution is 2.22. The van der Waals surface area contributed by atoms with Gasteiger partial charge in [0.15, 0.2) is 11.5 Å². The maximum atomic E-state index is 12.0. The van der Waals surface area contributed by atoms with E-state index < -0.39 is 0 Å². The molecule has 1 aromatic heterocycles. The standard InChI is InChI=1S/C19H24ClN5O/c1-14(2)13-21-19(26)17-6-7-18(23-22-17)25-10-8-24(9-11-25)16-5-3-4-15(20)12-16/h3-7,12,14H,8-11,13H2,1-2H3,(H,21,26). The van der Waals surface area contributed by atoms with Gasteiger partial charge < -0.3 is 15.1 Å². The van der Waals surface area contributed by atoms with Gasteiger partial charge in [0.25, 0.3) is 5.91 Å². The van der Waals surface area contributed by atoms with E-state index in [0.717, 1.165) is 42.7 Å². The molecular formula is C19H24ClN5O. The Morgan fingerprint density at radius 1 is 1.12 bits per heavy atom. The zero-order valence-electron chi connectivity index (χ0n) is 15.2. The highest BCUT2D eigenvalue weighted by molar-refractivity contribution is 6.30. The Morgan fingerprint density at radius 3 is 2.46 bits per heavy atom. The summed E-state index contributed by atoms with van der Waals surface area (Å²) in [5, 5.41) is 11.9. The Labute approximate surface area is 159 Å². The summed E-state index contributed by atoms with van der Waals surface area (Å²) in [5.74, 6) is 1.03. The number of carbonyl (C=O) groups excluding carboxylic acids is 1. The third-order valence-electron chi connectivity index (χ3n) is 4.33. The summed E-state index contributed by atoms with van der Waals surface area (Å²) in [4.78, 5) is 16.5. The van der Waals surface area contributed by atoms with Gasteiger partial charge in [0.05, 0.1) is 0 Å². The number of halogens is 1. The molecule has 0 saturated carbocycles. The highest BCUT2D eigenvalue weighted by atomic mass is 35.5. The Hall–Kier alpha value is -2.34. The van der Waals surface area contributed by atoms with Gasteiger partial charge in [-0.2, -0.15) is 0 Å². The van der Waals surface area contributed by atoms with E-state index in [2.05, 4.69) is 45.2 Å². The molecule has 0 aliphatic carbocycles. The van der Waals surface area contributed by atoms with E-state index in [9.17, 15) is 4.79 Å². The second kappa shape index (κ2) is 8.36. The number of aromatic nitrogens is 2. The van der Waals surface area contributed by atoms with Gasteiger partial charge in [-0.15, -0.1) is 10.2 Å². The number of anilines is 2. The van der Waals surface area contributed by atoms with Crippen molar-refractivity contribution in [1.29, 1.82) is 0 Å². The molecular weight excluding hydrogens is 350 g/mol. The predicted molar refractivity (Wildman–Crippen MR) is 105 cm³/mol. The molecule has 0 radical (unpaired) electrons. The third kappa shape index (κ3) is 4.64. The first-order chi connectivity index (χ1) is 12.5. The van der Waals surface area contributed by atoms with Crippen LogP contribution in [0.2, 0.25) is 5.02 Å². The lowest BCUT2D eigenvalue weighted by molar-refractivity contribution is 0.0943. The molecule has 138 valence electrons. The average molecular weight is 374 g/mol. The van der Waals surface area contributed by atoms with Crippen molar-refractivity contribution in [2.75, 3.05) is 42.5 Å². The molecule has 1 aromatic carbocycles. The molecule has 0 atom stereocenters. The van der Waals surface area contributed by atoms with Crippen LogP contribution >= 0.6 is 11.6 Å². The molecule has 26 heavy (non-hydrogen) atoms. The topological polar surface area (TPSA) is 61.4 Å². The number of rotatable bonds is 5.